The molecule has 0 radical (unpaired) electrons. The van der Waals surface area contributed by atoms with Crippen LogP contribution in [0.25, 0.3) is 0 Å². The van der Waals surface area contributed by atoms with Crippen LogP contribution < -0.4 is 4.57 Å². The van der Waals surface area contributed by atoms with Gasteiger partial charge in [-0.25, -0.2) is 9.55 Å². The molecule has 1 atom stereocenters. The number of hydrogen-bond acceptors (Lipinski definition) is 0. The Labute approximate surface area is 176 Å². The van der Waals surface area contributed by atoms with Crippen LogP contribution in [0.2, 0.25) is 0 Å². The molecule has 1 aromatic rings. The van der Waals surface area contributed by atoms with Gasteiger partial charge in [0, 0.05) is 0 Å². The molecule has 0 amide bonds. The molecule has 0 aliphatic heterocycles. The predicted octanol–water partition coefficient (Wildman–Crippen LogP) is 8.47. The molecule has 2 nitrogen and oxygen atoms in total. The van der Waals surface area contributed by atoms with E-state index in [1.807, 2.05) is 0 Å². The molecule has 0 saturated carbocycles. The van der Waals surface area contributed by atoms with Gasteiger partial charge in [0.05, 0.1) is 12.5 Å². The third-order valence-corrected chi connectivity index (χ3v) is 6.21. The van der Waals surface area contributed by atoms with E-state index in [4.69, 9.17) is 0 Å². The monoisotopic (exact) mass is 391 g/mol. The summed E-state index contributed by atoms with van der Waals surface area (Å²) >= 11 is 0. The van der Waals surface area contributed by atoms with E-state index in [1.165, 1.54) is 121 Å². The van der Waals surface area contributed by atoms with Crippen molar-refractivity contribution in [1.82, 2.24) is 4.98 Å². The number of H-pyrrole nitrogens is 1. The zero-order valence-electron chi connectivity index (χ0n) is 19.6. The second kappa shape index (κ2) is 18.3. The Morgan fingerprint density at radius 1 is 0.643 bits per heavy atom. The van der Waals surface area contributed by atoms with E-state index >= 15 is 0 Å². The molecule has 28 heavy (non-hydrogen) atoms. The van der Waals surface area contributed by atoms with Crippen molar-refractivity contribution in [2.75, 3.05) is 0 Å². The Morgan fingerprint density at radius 2 is 1.14 bits per heavy atom. The van der Waals surface area contributed by atoms with Gasteiger partial charge in [-0.05, 0) is 19.3 Å². The molecule has 0 aliphatic carbocycles. The zero-order chi connectivity index (χ0) is 20.3. The lowest BCUT2D eigenvalue weighted by Crippen LogP contribution is -2.37. The van der Waals surface area contributed by atoms with Crippen molar-refractivity contribution in [3.8, 4) is 0 Å². The maximum Gasteiger partial charge on any atom is 0.257 e. The molecule has 0 unspecified atom stereocenters. The highest BCUT2D eigenvalue weighted by Gasteiger charge is 2.21. The van der Waals surface area contributed by atoms with Gasteiger partial charge >= 0.3 is 0 Å². The van der Waals surface area contributed by atoms with E-state index < -0.39 is 0 Å². The van der Waals surface area contributed by atoms with E-state index in [-0.39, 0.29) is 0 Å². The first-order valence-corrected chi connectivity index (χ1v) is 12.9. The Hall–Kier alpha value is -0.790. The van der Waals surface area contributed by atoms with Gasteiger partial charge in [0.1, 0.15) is 12.4 Å². The van der Waals surface area contributed by atoms with Crippen molar-refractivity contribution in [2.24, 2.45) is 0 Å². The van der Waals surface area contributed by atoms with Gasteiger partial charge in [-0.1, -0.05) is 117 Å². The molecule has 1 N–H and O–H groups in total. The van der Waals surface area contributed by atoms with Crippen LogP contribution >= 0.6 is 0 Å². The molecule has 0 aliphatic rings. The van der Waals surface area contributed by atoms with Crippen molar-refractivity contribution in [3.05, 3.63) is 18.2 Å². The minimum absolute atomic E-state index is 0.731. The highest BCUT2D eigenvalue weighted by Crippen LogP contribution is 2.25. The SMILES string of the molecule is CCCCCCCCCCCCCCC[C@H](CCCC)c1[nH]cc[n+]1CCC. The van der Waals surface area contributed by atoms with Gasteiger partial charge in [0.15, 0.2) is 0 Å². The Bertz CT molecular complexity index is 437. The zero-order valence-corrected chi connectivity index (χ0v) is 19.6. The van der Waals surface area contributed by atoms with Crippen molar-refractivity contribution >= 4 is 0 Å². The molecule has 2 heteroatoms. The molecule has 0 spiro atoms. The lowest BCUT2D eigenvalue weighted by Gasteiger charge is -2.13. The third kappa shape index (κ3) is 11.9. The summed E-state index contributed by atoms with van der Waals surface area (Å²) in [6, 6.07) is 0. The van der Waals surface area contributed by atoms with Crippen LogP contribution in [0.15, 0.2) is 12.4 Å². The first-order valence-electron chi connectivity index (χ1n) is 12.9. The topological polar surface area (TPSA) is 19.7 Å². The number of aromatic nitrogens is 2. The summed E-state index contributed by atoms with van der Waals surface area (Å²) in [6.45, 7) is 8.04. The molecule has 1 aromatic heterocycles. The smallest absolute Gasteiger partial charge is 0.247 e. The molecule has 0 bridgehead atoms. The third-order valence-electron chi connectivity index (χ3n) is 6.21. The molecule has 1 rings (SSSR count). The quantitative estimate of drug-likeness (QED) is 0.170. The predicted molar refractivity (Wildman–Crippen MR) is 124 cm³/mol. The molecule has 164 valence electrons. The number of unbranched alkanes of at least 4 members (excludes halogenated alkanes) is 13. The lowest BCUT2D eigenvalue weighted by molar-refractivity contribution is -0.704. The van der Waals surface area contributed by atoms with E-state index in [2.05, 4.69) is 42.7 Å². The van der Waals surface area contributed by atoms with Gasteiger partial charge in [-0.3, -0.25) is 0 Å². The average molecular weight is 392 g/mol. The Balaban J connectivity index is 2.09. The van der Waals surface area contributed by atoms with E-state index in [0.717, 1.165) is 12.5 Å². The summed E-state index contributed by atoms with van der Waals surface area (Å²) in [5, 5.41) is 0. The number of hydrogen-bond donors (Lipinski definition) is 1. The number of imidazole rings is 1. The molecule has 0 fully saturated rings. The van der Waals surface area contributed by atoms with Crippen molar-refractivity contribution in [1.29, 1.82) is 0 Å². The normalized spacial score (nSPS) is 12.5. The van der Waals surface area contributed by atoms with Gasteiger partial charge in [0.25, 0.3) is 5.82 Å². The highest BCUT2D eigenvalue weighted by atomic mass is 15.1. The van der Waals surface area contributed by atoms with Crippen LogP contribution in [0.5, 0.6) is 0 Å². The van der Waals surface area contributed by atoms with Crippen LogP contribution in [0.3, 0.4) is 0 Å². The molecular weight excluding hydrogens is 340 g/mol. The number of nitrogens with zero attached hydrogens (tertiary/aromatic N) is 1. The maximum atomic E-state index is 3.56. The maximum absolute atomic E-state index is 3.56. The van der Waals surface area contributed by atoms with Crippen LogP contribution in [0.1, 0.15) is 148 Å². The minimum atomic E-state index is 0.731. The summed E-state index contributed by atoms with van der Waals surface area (Å²) in [5.74, 6) is 2.21. The standard InChI is InChI=1S/C26H50N2/c1-4-7-9-10-11-12-13-14-15-16-17-18-19-21-25(20-8-5-2)26-27-22-24-28(26)23-6-3/h22,24-25H,4-21,23H2,1-3H3/p+1/t25-/m0/s1. The van der Waals surface area contributed by atoms with E-state index in [0.29, 0.717) is 0 Å². The fourth-order valence-corrected chi connectivity index (χ4v) is 4.44. The molecule has 1 heterocycles. The molecule has 0 aromatic carbocycles. The van der Waals surface area contributed by atoms with Crippen LogP contribution in [0.4, 0.5) is 0 Å². The Morgan fingerprint density at radius 3 is 1.68 bits per heavy atom. The molecular formula is C26H51N2+. The van der Waals surface area contributed by atoms with E-state index in [9.17, 15) is 0 Å². The Kier molecular flexibility index (Phi) is 16.5. The van der Waals surface area contributed by atoms with E-state index in [1.54, 1.807) is 0 Å². The first-order chi connectivity index (χ1) is 13.8. The second-order valence-electron chi connectivity index (χ2n) is 8.91. The van der Waals surface area contributed by atoms with Gasteiger partial charge < -0.3 is 0 Å². The average Bonchev–Trinajstić information content (AvgIpc) is 3.16. The minimum Gasteiger partial charge on any atom is -0.247 e. The van der Waals surface area contributed by atoms with Crippen molar-refractivity contribution in [2.45, 2.75) is 149 Å². The van der Waals surface area contributed by atoms with Crippen LogP contribution in [0, 0.1) is 0 Å². The van der Waals surface area contributed by atoms with Crippen molar-refractivity contribution in [3.63, 3.8) is 0 Å². The number of aryl methyl sites for hydroxylation is 1. The lowest BCUT2D eigenvalue weighted by atomic mass is 9.94. The molecule has 0 saturated heterocycles. The summed E-state index contributed by atoms with van der Waals surface area (Å²) in [7, 11) is 0. The number of nitrogens with one attached hydrogen (secondary N) is 1. The summed E-state index contributed by atoms with van der Waals surface area (Å²) in [6.07, 6.45) is 29.7. The summed E-state index contributed by atoms with van der Waals surface area (Å²) in [4.78, 5) is 3.56. The summed E-state index contributed by atoms with van der Waals surface area (Å²) in [5.41, 5.74) is 0. The van der Waals surface area contributed by atoms with Gasteiger partial charge in [-0.2, -0.15) is 0 Å². The largest absolute Gasteiger partial charge is 0.257 e. The number of rotatable bonds is 20. The fourth-order valence-electron chi connectivity index (χ4n) is 4.44. The van der Waals surface area contributed by atoms with Crippen molar-refractivity contribution < 1.29 is 4.57 Å². The number of aromatic amines is 1. The van der Waals surface area contributed by atoms with Gasteiger partial charge in [0.2, 0.25) is 0 Å². The highest BCUT2D eigenvalue weighted by molar-refractivity contribution is 4.89. The summed E-state index contributed by atoms with van der Waals surface area (Å²) < 4.78 is 2.46. The van der Waals surface area contributed by atoms with Crippen LogP contribution in [-0.2, 0) is 6.54 Å². The second-order valence-corrected chi connectivity index (χ2v) is 8.91. The van der Waals surface area contributed by atoms with Crippen LogP contribution in [-0.4, -0.2) is 4.98 Å². The van der Waals surface area contributed by atoms with Gasteiger partial charge in [-0.15, -0.1) is 0 Å². The fraction of sp³-hybridized carbons (Fsp3) is 0.885. The first kappa shape index (κ1) is 25.2.